The van der Waals surface area contributed by atoms with Crippen molar-refractivity contribution in [2.75, 3.05) is 0 Å². The molecule has 1 aromatic carbocycles. The molecule has 0 fully saturated rings. The number of nitrogens with zero attached hydrogens (tertiary/aromatic N) is 1. The first-order chi connectivity index (χ1) is 7.47. The summed E-state index contributed by atoms with van der Waals surface area (Å²) in [5, 5.41) is 19.0. The van der Waals surface area contributed by atoms with Crippen LogP contribution in [0.2, 0.25) is 0 Å². The minimum absolute atomic E-state index is 0.0828. The van der Waals surface area contributed by atoms with Gasteiger partial charge in [0.1, 0.15) is 0 Å². The Balaban J connectivity index is 3.42. The van der Waals surface area contributed by atoms with Gasteiger partial charge in [0, 0.05) is 0 Å². The molecule has 0 radical (unpaired) electrons. The van der Waals surface area contributed by atoms with E-state index in [0.29, 0.717) is 0 Å². The first-order valence-electron chi connectivity index (χ1n) is 4.10. The summed E-state index contributed by atoms with van der Waals surface area (Å²) in [5.41, 5.74) is -1.61. The van der Waals surface area contributed by atoms with Gasteiger partial charge in [0.25, 0.3) is 0 Å². The van der Waals surface area contributed by atoms with E-state index < -0.39 is 34.4 Å². The number of aldehydes is 1. The normalized spacial score (nSPS) is 9.81. The van der Waals surface area contributed by atoms with Crippen LogP contribution in [0.4, 0.5) is 10.1 Å². The van der Waals surface area contributed by atoms with Gasteiger partial charge in [-0.3, -0.25) is 19.7 Å². The van der Waals surface area contributed by atoms with Crippen molar-refractivity contribution in [2.45, 2.75) is 6.42 Å². The third-order valence-electron chi connectivity index (χ3n) is 1.90. The molecule has 0 aliphatic carbocycles. The van der Waals surface area contributed by atoms with Gasteiger partial charge < -0.3 is 5.11 Å². The molecule has 0 atom stereocenters. The van der Waals surface area contributed by atoms with Crippen LogP contribution < -0.4 is 0 Å². The number of benzene rings is 1. The van der Waals surface area contributed by atoms with Gasteiger partial charge in [0.2, 0.25) is 5.82 Å². The van der Waals surface area contributed by atoms with Gasteiger partial charge in [-0.25, -0.2) is 0 Å². The van der Waals surface area contributed by atoms with Crippen LogP contribution in [0.1, 0.15) is 15.9 Å². The first kappa shape index (κ1) is 11.8. The zero-order chi connectivity index (χ0) is 12.3. The van der Waals surface area contributed by atoms with Crippen LogP contribution in [-0.4, -0.2) is 22.3 Å². The number of nitro groups is 1. The average Bonchev–Trinajstić information content (AvgIpc) is 2.18. The molecule has 0 unspecified atom stereocenters. The third-order valence-corrected chi connectivity index (χ3v) is 1.90. The molecule has 0 saturated carbocycles. The molecule has 0 heterocycles. The van der Waals surface area contributed by atoms with Crippen LogP contribution in [0.5, 0.6) is 0 Å². The molecule has 1 N–H and O–H groups in total. The molecule has 0 aliphatic heterocycles. The van der Waals surface area contributed by atoms with Crippen molar-refractivity contribution in [3.8, 4) is 0 Å². The van der Waals surface area contributed by atoms with Crippen molar-refractivity contribution in [3.05, 3.63) is 39.2 Å². The summed E-state index contributed by atoms with van der Waals surface area (Å²) in [6.45, 7) is 0. The predicted octanol–water partition coefficient (Wildman–Crippen LogP) is 1.17. The molecule has 1 rings (SSSR count). The second-order valence-electron chi connectivity index (χ2n) is 2.91. The Morgan fingerprint density at radius 2 is 2.19 bits per heavy atom. The Morgan fingerprint density at radius 3 is 2.62 bits per heavy atom. The van der Waals surface area contributed by atoms with Crippen LogP contribution in [-0.2, 0) is 11.2 Å². The van der Waals surface area contributed by atoms with Gasteiger partial charge in [-0.15, -0.1) is 0 Å². The lowest BCUT2D eigenvalue weighted by atomic mass is 10.0. The highest BCUT2D eigenvalue weighted by Crippen LogP contribution is 2.24. The summed E-state index contributed by atoms with van der Waals surface area (Å²) in [5.74, 6) is -2.43. The van der Waals surface area contributed by atoms with Gasteiger partial charge in [0.15, 0.2) is 6.29 Å². The molecule has 6 nitrogen and oxygen atoms in total. The second kappa shape index (κ2) is 4.47. The topological polar surface area (TPSA) is 97.5 Å². The van der Waals surface area contributed by atoms with Crippen molar-refractivity contribution >= 4 is 17.9 Å². The number of rotatable bonds is 4. The number of hydrogen-bond acceptors (Lipinski definition) is 4. The molecule has 16 heavy (non-hydrogen) atoms. The molecule has 0 amide bonds. The maximum Gasteiger partial charge on any atom is 0.315 e. The first-order valence-corrected chi connectivity index (χ1v) is 4.10. The minimum Gasteiger partial charge on any atom is -0.481 e. The van der Waals surface area contributed by atoms with E-state index in [2.05, 4.69) is 0 Å². The quantitative estimate of drug-likeness (QED) is 0.473. The molecule has 0 aliphatic rings. The second-order valence-corrected chi connectivity index (χ2v) is 2.91. The fraction of sp³-hybridized carbons (Fsp3) is 0.111. The number of carbonyl (C=O) groups excluding carboxylic acids is 1. The smallest absolute Gasteiger partial charge is 0.315 e. The molecule has 0 spiro atoms. The number of carboxylic acid groups (broad SMARTS) is 1. The van der Waals surface area contributed by atoms with E-state index in [9.17, 15) is 24.1 Å². The molecule has 0 saturated heterocycles. The summed E-state index contributed by atoms with van der Waals surface area (Å²) < 4.78 is 13.1. The maximum atomic E-state index is 13.1. The Morgan fingerprint density at radius 1 is 1.56 bits per heavy atom. The number of hydrogen-bond donors (Lipinski definition) is 1. The van der Waals surface area contributed by atoms with Crippen LogP contribution in [0.25, 0.3) is 0 Å². The lowest BCUT2D eigenvalue weighted by Gasteiger charge is -2.03. The number of halogens is 1. The number of nitro benzene ring substituents is 1. The molecular formula is C9H6FNO5. The SMILES string of the molecule is O=Cc1c(CC(=O)O)ccc(F)c1[N+](=O)[O-]. The number of carboxylic acids is 1. The fourth-order valence-electron chi connectivity index (χ4n) is 1.26. The standard InChI is InChI=1S/C9H6FNO5/c10-7-2-1-5(3-8(13)14)6(4-12)9(7)11(15)16/h1-2,4H,3H2,(H,13,14). The fourth-order valence-corrected chi connectivity index (χ4v) is 1.26. The summed E-state index contributed by atoms with van der Waals surface area (Å²) in [6.07, 6.45) is -0.491. The predicted molar refractivity (Wildman–Crippen MR) is 49.8 cm³/mol. The Bertz CT molecular complexity index is 471. The van der Waals surface area contributed by atoms with E-state index in [0.717, 1.165) is 12.1 Å². The average molecular weight is 227 g/mol. The monoisotopic (exact) mass is 227 g/mol. The Labute approximate surface area is 88.5 Å². The highest BCUT2D eigenvalue weighted by atomic mass is 19.1. The summed E-state index contributed by atoms with van der Waals surface area (Å²) >= 11 is 0. The molecular weight excluding hydrogens is 221 g/mol. The van der Waals surface area contributed by atoms with E-state index in [1.54, 1.807) is 0 Å². The lowest BCUT2D eigenvalue weighted by Crippen LogP contribution is -2.07. The third kappa shape index (κ3) is 2.19. The Hall–Kier alpha value is -2.31. The molecule has 1 aromatic rings. The van der Waals surface area contributed by atoms with Crippen molar-refractivity contribution in [1.29, 1.82) is 0 Å². The van der Waals surface area contributed by atoms with Gasteiger partial charge >= 0.3 is 11.7 Å². The van der Waals surface area contributed by atoms with Crippen LogP contribution >= 0.6 is 0 Å². The van der Waals surface area contributed by atoms with Crippen molar-refractivity contribution < 1.29 is 24.0 Å². The zero-order valence-electron chi connectivity index (χ0n) is 7.84. The van der Waals surface area contributed by atoms with E-state index in [4.69, 9.17) is 5.11 Å². The maximum absolute atomic E-state index is 13.1. The van der Waals surface area contributed by atoms with Crippen LogP contribution in [0.15, 0.2) is 12.1 Å². The Kier molecular flexibility index (Phi) is 3.29. The molecule has 7 heteroatoms. The summed E-state index contributed by atoms with van der Waals surface area (Å²) in [4.78, 5) is 30.5. The number of carbonyl (C=O) groups is 2. The van der Waals surface area contributed by atoms with Gasteiger partial charge in [0.05, 0.1) is 16.9 Å². The lowest BCUT2D eigenvalue weighted by molar-refractivity contribution is -0.387. The zero-order valence-corrected chi connectivity index (χ0v) is 7.84. The van der Waals surface area contributed by atoms with E-state index in [1.165, 1.54) is 0 Å². The molecule has 84 valence electrons. The van der Waals surface area contributed by atoms with Gasteiger partial charge in [-0.2, -0.15) is 4.39 Å². The van der Waals surface area contributed by atoms with E-state index >= 15 is 0 Å². The van der Waals surface area contributed by atoms with Gasteiger partial charge in [-0.1, -0.05) is 6.07 Å². The van der Waals surface area contributed by atoms with E-state index in [1.807, 2.05) is 0 Å². The van der Waals surface area contributed by atoms with Crippen molar-refractivity contribution in [1.82, 2.24) is 0 Å². The number of aliphatic carboxylic acids is 1. The molecule has 0 aromatic heterocycles. The highest BCUT2D eigenvalue weighted by molar-refractivity contribution is 5.86. The summed E-state index contributed by atoms with van der Waals surface area (Å²) in [7, 11) is 0. The van der Waals surface area contributed by atoms with E-state index in [-0.39, 0.29) is 11.8 Å². The summed E-state index contributed by atoms with van der Waals surface area (Å²) in [6, 6.07) is 1.81. The molecule has 0 bridgehead atoms. The minimum atomic E-state index is -1.26. The van der Waals surface area contributed by atoms with Crippen LogP contribution in [0, 0.1) is 15.9 Å². The van der Waals surface area contributed by atoms with Crippen molar-refractivity contribution in [2.24, 2.45) is 0 Å². The highest BCUT2D eigenvalue weighted by Gasteiger charge is 2.23. The van der Waals surface area contributed by atoms with Crippen molar-refractivity contribution in [3.63, 3.8) is 0 Å². The largest absolute Gasteiger partial charge is 0.481 e. The van der Waals surface area contributed by atoms with Gasteiger partial charge in [-0.05, 0) is 11.6 Å². The van der Waals surface area contributed by atoms with Crippen LogP contribution in [0.3, 0.4) is 0 Å².